The SMILES string of the molecule is CCOc1cccc2cc(C(C)NC3CCCn4nc(C)nc43)oc12. The van der Waals surface area contributed by atoms with Gasteiger partial charge in [0.05, 0.1) is 18.7 Å². The molecule has 0 bridgehead atoms. The van der Waals surface area contributed by atoms with Crippen molar-refractivity contribution < 1.29 is 9.15 Å². The zero-order valence-electron chi connectivity index (χ0n) is 15.0. The van der Waals surface area contributed by atoms with E-state index < -0.39 is 0 Å². The Morgan fingerprint density at radius 3 is 3.16 bits per heavy atom. The van der Waals surface area contributed by atoms with Crippen molar-refractivity contribution >= 4 is 11.0 Å². The molecule has 4 rings (SSSR count). The highest BCUT2D eigenvalue weighted by Crippen LogP contribution is 2.33. The van der Waals surface area contributed by atoms with Crippen LogP contribution in [0.15, 0.2) is 28.7 Å². The van der Waals surface area contributed by atoms with E-state index in [1.807, 2.05) is 30.7 Å². The largest absolute Gasteiger partial charge is 0.490 e. The highest BCUT2D eigenvalue weighted by molar-refractivity contribution is 5.83. The molecule has 2 atom stereocenters. The minimum absolute atomic E-state index is 0.0791. The number of fused-ring (bicyclic) bond motifs is 2. The van der Waals surface area contributed by atoms with Crippen LogP contribution < -0.4 is 10.1 Å². The van der Waals surface area contributed by atoms with Gasteiger partial charge in [-0.05, 0) is 45.7 Å². The van der Waals surface area contributed by atoms with Crippen LogP contribution >= 0.6 is 0 Å². The maximum absolute atomic E-state index is 6.12. The molecule has 1 aliphatic heterocycles. The molecule has 1 N–H and O–H groups in total. The number of furan rings is 1. The molecule has 132 valence electrons. The fraction of sp³-hybridized carbons (Fsp3) is 0.474. The number of nitrogens with zero attached hydrogens (tertiary/aromatic N) is 3. The van der Waals surface area contributed by atoms with E-state index in [1.54, 1.807) is 0 Å². The fourth-order valence-electron chi connectivity index (χ4n) is 3.55. The molecule has 3 heterocycles. The summed E-state index contributed by atoms with van der Waals surface area (Å²) >= 11 is 0. The minimum Gasteiger partial charge on any atom is -0.490 e. The Labute approximate surface area is 147 Å². The number of aromatic nitrogens is 3. The Morgan fingerprint density at radius 2 is 2.32 bits per heavy atom. The van der Waals surface area contributed by atoms with E-state index in [1.165, 1.54) is 0 Å². The Balaban J connectivity index is 1.58. The molecule has 6 heteroatoms. The van der Waals surface area contributed by atoms with Crippen LogP contribution in [0.2, 0.25) is 0 Å². The van der Waals surface area contributed by atoms with Crippen molar-refractivity contribution in [3.63, 3.8) is 0 Å². The van der Waals surface area contributed by atoms with Gasteiger partial charge in [0, 0.05) is 11.9 Å². The third kappa shape index (κ3) is 3.02. The lowest BCUT2D eigenvalue weighted by atomic mass is 10.1. The lowest BCUT2D eigenvalue weighted by Gasteiger charge is -2.25. The van der Waals surface area contributed by atoms with Gasteiger partial charge in [0.25, 0.3) is 0 Å². The van der Waals surface area contributed by atoms with Crippen molar-refractivity contribution in [2.45, 2.75) is 52.2 Å². The molecule has 0 radical (unpaired) electrons. The third-order valence-electron chi connectivity index (χ3n) is 4.69. The molecule has 25 heavy (non-hydrogen) atoms. The smallest absolute Gasteiger partial charge is 0.176 e. The van der Waals surface area contributed by atoms with Crippen molar-refractivity contribution in [2.75, 3.05) is 6.61 Å². The van der Waals surface area contributed by atoms with Crippen LogP contribution in [0, 0.1) is 6.92 Å². The summed E-state index contributed by atoms with van der Waals surface area (Å²) in [5.74, 6) is 3.57. The zero-order chi connectivity index (χ0) is 17.4. The highest BCUT2D eigenvalue weighted by atomic mass is 16.5. The van der Waals surface area contributed by atoms with Crippen molar-refractivity contribution in [3.05, 3.63) is 41.7 Å². The molecule has 0 saturated heterocycles. The molecule has 1 aliphatic rings. The molecule has 2 aromatic heterocycles. The molecule has 6 nitrogen and oxygen atoms in total. The second-order valence-electron chi connectivity index (χ2n) is 6.58. The second kappa shape index (κ2) is 6.52. The Kier molecular flexibility index (Phi) is 4.21. The second-order valence-corrected chi connectivity index (χ2v) is 6.58. The summed E-state index contributed by atoms with van der Waals surface area (Å²) in [6.45, 7) is 7.62. The Morgan fingerprint density at radius 1 is 1.44 bits per heavy atom. The number of ether oxygens (including phenoxy) is 1. The van der Waals surface area contributed by atoms with Gasteiger partial charge in [0.15, 0.2) is 11.3 Å². The third-order valence-corrected chi connectivity index (χ3v) is 4.69. The summed E-state index contributed by atoms with van der Waals surface area (Å²) in [6.07, 6.45) is 2.17. The first-order valence-electron chi connectivity index (χ1n) is 8.98. The molecule has 0 saturated carbocycles. The van der Waals surface area contributed by atoms with Crippen LogP contribution in [0.3, 0.4) is 0 Å². The monoisotopic (exact) mass is 340 g/mol. The molecule has 0 spiro atoms. The Bertz CT molecular complexity index is 883. The number of rotatable bonds is 5. The van der Waals surface area contributed by atoms with Crippen molar-refractivity contribution in [1.29, 1.82) is 0 Å². The van der Waals surface area contributed by atoms with Crippen LogP contribution in [0.25, 0.3) is 11.0 Å². The number of nitrogens with one attached hydrogen (secondary N) is 1. The molecule has 3 aromatic rings. The molecule has 1 aromatic carbocycles. The lowest BCUT2D eigenvalue weighted by molar-refractivity contribution is 0.319. The summed E-state index contributed by atoms with van der Waals surface area (Å²) in [6, 6.07) is 8.37. The summed E-state index contributed by atoms with van der Waals surface area (Å²) < 4.78 is 13.8. The van der Waals surface area contributed by atoms with Crippen molar-refractivity contribution in [2.24, 2.45) is 0 Å². The first-order chi connectivity index (χ1) is 12.2. The van der Waals surface area contributed by atoms with Gasteiger partial charge < -0.3 is 9.15 Å². The summed E-state index contributed by atoms with van der Waals surface area (Å²) in [7, 11) is 0. The molecular formula is C19H24N4O2. The maximum atomic E-state index is 6.12. The van der Waals surface area contributed by atoms with E-state index in [9.17, 15) is 0 Å². The van der Waals surface area contributed by atoms with Crippen LogP contribution in [0.4, 0.5) is 0 Å². The number of aryl methyl sites for hydroxylation is 2. The number of hydrogen-bond donors (Lipinski definition) is 1. The highest BCUT2D eigenvalue weighted by Gasteiger charge is 2.26. The average molecular weight is 340 g/mol. The van der Waals surface area contributed by atoms with E-state index in [0.29, 0.717) is 6.61 Å². The predicted octanol–water partition coefficient (Wildman–Crippen LogP) is 3.92. The predicted molar refractivity (Wildman–Crippen MR) is 95.7 cm³/mol. The standard InChI is InChI=1S/C19H24N4O2/c1-4-24-16-9-5-7-14-11-17(25-18(14)16)12(2)20-15-8-6-10-23-19(15)21-13(3)22-23/h5,7,9,11-12,15,20H,4,6,8,10H2,1-3H3. The van der Waals surface area contributed by atoms with E-state index in [4.69, 9.17) is 9.15 Å². The van der Waals surface area contributed by atoms with Crippen LogP contribution in [0.1, 0.15) is 56.2 Å². The number of para-hydroxylation sites is 1. The number of benzene rings is 1. The number of hydrogen-bond acceptors (Lipinski definition) is 5. The summed E-state index contributed by atoms with van der Waals surface area (Å²) in [5.41, 5.74) is 0.815. The topological polar surface area (TPSA) is 65.1 Å². The molecular weight excluding hydrogens is 316 g/mol. The zero-order valence-corrected chi connectivity index (χ0v) is 15.0. The summed E-state index contributed by atoms with van der Waals surface area (Å²) in [5, 5.41) is 9.20. The van der Waals surface area contributed by atoms with Crippen LogP contribution in [-0.2, 0) is 6.54 Å². The van der Waals surface area contributed by atoms with Gasteiger partial charge in [0.1, 0.15) is 17.4 Å². The normalized spacial score (nSPS) is 18.3. The first kappa shape index (κ1) is 16.1. The van der Waals surface area contributed by atoms with E-state index in [0.717, 1.165) is 53.5 Å². The van der Waals surface area contributed by atoms with Crippen molar-refractivity contribution in [1.82, 2.24) is 20.1 Å². The summed E-state index contributed by atoms with van der Waals surface area (Å²) in [4.78, 5) is 4.60. The molecule has 0 amide bonds. The molecule has 0 fully saturated rings. The van der Waals surface area contributed by atoms with Gasteiger partial charge in [-0.1, -0.05) is 12.1 Å². The van der Waals surface area contributed by atoms with Gasteiger partial charge in [-0.3, -0.25) is 5.32 Å². The van der Waals surface area contributed by atoms with Gasteiger partial charge >= 0.3 is 0 Å². The fourth-order valence-corrected chi connectivity index (χ4v) is 3.55. The van der Waals surface area contributed by atoms with E-state index in [2.05, 4.69) is 34.5 Å². The first-order valence-corrected chi connectivity index (χ1v) is 8.98. The van der Waals surface area contributed by atoms with Gasteiger partial charge in [-0.25, -0.2) is 9.67 Å². The maximum Gasteiger partial charge on any atom is 0.176 e. The van der Waals surface area contributed by atoms with E-state index in [-0.39, 0.29) is 12.1 Å². The van der Waals surface area contributed by atoms with Gasteiger partial charge in [-0.2, -0.15) is 5.10 Å². The molecule has 0 aliphatic carbocycles. The van der Waals surface area contributed by atoms with E-state index >= 15 is 0 Å². The van der Waals surface area contributed by atoms with Crippen LogP contribution in [0.5, 0.6) is 5.75 Å². The Hall–Kier alpha value is -2.34. The quantitative estimate of drug-likeness (QED) is 0.763. The van der Waals surface area contributed by atoms with Gasteiger partial charge in [-0.15, -0.1) is 0 Å². The van der Waals surface area contributed by atoms with Gasteiger partial charge in [0.2, 0.25) is 0 Å². The minimum atomic E-state index is 0.0791. The van der Waals surface area contributed by atoms with Crippen molar-refractivity contribution in [3.8, 4) is 5.75 Å². The van der Waals surface area contributed by atoms with Crippen LogP contribution in [-0.4, -0.2) is 21.4 Å². The average Bonchev–Trinajstić information content (AvgIpc) is 3.19. The lowest BCUT2D eigenvalue weighted by Crippen LogP contribution is -2.30. The molecule has 2 unspecified atom stereocenters.